The van der Waals surface area contributed by atoms with Crippen LogP contribution in [-0.2, 0) is 33.0 Å². The number of allylic oxidation sites excluding steroid dienone is 1. The minimum Gasteiger partial charge on any atom is -0.462 e. The van der Waals surface area contributed by atoms with E-state index < -0.39 is 26.6 Å². The van der Waals surface area contributed by atoms with E-state index in [9.17, 15) is 9.59 Å². The van der Waals surface area contributed by atoms with Crippen molar-refractivity contribution in [1.29, 1.82) is 0 Å². The molecule has 2 aliphatic rings. The lowest BCUT2D eigenvalue weighted by molar-refractivity contribution is -0.155. The molecule has 2 aromatic carbocycles. The van der Waals surface area contributed by atoms with Crippen LogP contribution in [0.15, 0.2) is 72.8 Å². The van der Waals surface area contributed by atoms with E-state index in [-0.39, 0.29) is 60.5 Å². The zero-order valence-corrected chi connectivity index (χ0v) is 32.8. The van der Waals surface area contributed by atoms with Gasteiger partial charge in [0.25, 0.3) is 8.32 Å². The van der Waals surface area contributed by atoms with Crippen LogP contribution >= 0.6 is 0 Å². The number of hydrogen-bond donors (Lipinski definition) is 0. The van der Waals surface area contributed by atoms with Gasteiger partial charge in [0.1, 0.15) is 18.7 Å². The summed E-state index contributed by atoms with van der Waals surface area (Å²) in [5, 5.41) is 2.13. The fraction of sp³-hybridized carbons (Fsp3) is 0.619. The number of carbonyl (C=O) groups excluding carboxylic acids is 2. The van der Waals surface area contributed by atoms with Crippen LogP contribution in [0, 0.1) is 17.8 Å². The van der Waals surface area contributed by atoms with E-state index in [1.54, 1.807) is 7.11 Å². The number of ketones is 1. The van der Waals surface area contributed by atoms with E-state index in [0.717, 1.165) is 19.3 Å². The summed E-state index contributed by atoms with van der Waals surface area (Å²) in [5.74, 6) is -0.317. The molecule has 0 spiro atoms. The standard InChI is InChI=1S/C42H62O7Si/c1-9-18-34-27-33(43)25-32(4)40(46-29-45-8)39(28-35-26-31(3)38(47-35)24-17-16-19-30(2)41(44)48-34)49-50(42(5,6)7,36-20-12-10-13-21-36)37-22-14-11-15-23-37/h10-17,20-23,30-32,34-35,38-40H,9,18-19,24-29H2,1-8H3/b17-16+/t30-,31-,32+,34+,35+,38-,39-,40-/m0/s1. The molecule has 0 amide bonds. The van der Waals surface area contributed by atoms with Crippen molar-refractivity contribution in [1.82, 2.24) is 0 Å². The Morgan fingerprint density at radius 3 is 2.04 bits per heavy atom. The monoisotopic (exact) mass is 706 g/mol. The number of esters is 1. The first-order valence-electron chi connectivity index (χ1n) is 18.8. The van der Waals surface area contributed by atoms with E-state index in [1.165, 1.54) is 10.4 Å². The van der Waals surface area contributed by atoms with Crippen LogP contribution in [0.4, 0.5) is 0 Å². The van der Waals surface area contributed by atoms with Crippen LogP contribution in [0.2, 0.25) is 5.04 Å². The maximum atomic E-state index is 13.8. The Morgan fingerprint density at radius 1 is 0.840 bits per heavy atom. The summed E-state index contributed by atoms with van der Waals surface area (Å²) in [5.41, 5.74) is 0. The molecule has 2 aliphatic heterocycles. The Labute approximate surface area is 302 Å². The van der Waals surface area contributed by atoms with Crippen LogP contribution in [-0.4, -0.2) is 64.5 Å². The Morgan fingerprint density at radius 2 is 1.46 bits per heavy atom. The third-order valence-corrected chi connectivity index (χ3v) is 15.6. The number of fused-ring (bicyclic) bond motifs is 2. The summed E-state index contributed by atoms with van der Waals surface area (Å²) in [6.07, 6.45) is 7.82. The molecule has 4 rings (SSSR count). The van der Waals surface area contributed by atoms with Gasteiger partial charge in [-0.1, -0.05) is 128 Å². The molecule has 0 radical (unpaired) electrons. The average molecular weight is 707 g/mol. The second kappa shape index (κ2) is 18.7. The second-order valence-electron chi connectivity index (χ2n) is 15.7. The lowest BCUT2D eigenvalue weighted by Crippen LogP contribution is -2.69. The average Bonchev–Trinajstić information content (AvgIpc) is 3.43. The van der Waals surface area contributed by atoms with E-state index in [2.05, 4.69) is 114 Å². The summed E-state index contributed by atoms with van der Waals surface area (Å²) in [6.45, 7) is 15.2. The third kappa shape index (κ3) is 10.2. The van der Waals surface area contributed by atoms with Crippen LogP contribution in [0.1, 0.15) is 99.8 Å². The van der Waals surface area contributed by atoms with Crippen LogP contribution in [0.25, 0.3) is 0 Å². The highest BCUT2D eigenvalue weighted by Crippen LogP contribution is 2.41. The van der Waals surface area contributed by atoms with Gasteiger partial charge < -0.3 is 23.4 Å². The molecule has 7 nitrogen and oxygen atoms in total. The Balaban J connectivity index is 1.81. The highest BCUT2D eigenvalue weighted by atomic mass is 28.4. The molecule has 2 heterocycles. The molecule has 0 aliphatic carbocycles. The number of ether oxygens (including phenoxy) is 4. The number of cyclic esters (lactones) is 1. The SMILES string of the molecule is CCC[C@@H]1CC(=O)C[C@@H](C)[C@H](OCOC)[C@@H](O[Si](c2ccccc2)(c2ccccc2)C(C)(C)C)C[C@H]2C[C@H](C)[C@H](C/C=C/C[C@H](C)C(=O)O1)O2. The van der Waals surface area contributed by atoms with E-state index in [4.69, 9.17) is 23.4 Å². The van der Waals surface area contributed by atoms with Crippen LogP contribution < -0.4 is 10.4 Å². The van der Waals surface area contributed by atoms with Crippen molar-refractivity contribution in [2.24, 2.45) is 17.8 Å². The second-order valence-corrected chi connectivity index (χ2v) is 20.0. The molecule has 0 unspecified atom stereocenters. The first kappa shape index (κ1) is 40.2. The first-order valence-corrected chi connectivity index (χ1v) is 20.7. The number of hydrogen-bond acceptors (Lipinski definition) is 7. The van der Waals surface area contributed by atoms with Crippen molar-refractivity contribution in [2.75, 3.05) is 13.9 Å². The quantitative estimate of drug-likeness (QED) is 0.114. The van der Waals surface area contributed by atoms with Gasteiger partial charge in [-0.15, -0.1) is 0 Å². The van der Waals surface area contributed by atoms with Crippen LogP contribution in [0.3, 0.4) is 0 Å². The van der Waals surface area contributed by atoms with Crippen molar-refractivity contribution in [2.45, 2.75) is 135 Å². The molecule has 0 saturated carbocycles. The lowest BCUT2D eigenvalue weighted by Gasteiger charge is -2.47. The highest BCUT2D eigenvalue weighted by molar-refractivity contribution is 6.99. The highest BCUT2D eigenvalue weighted by Gasteiger charge is 2.53. The van der Waals surface area contributed by atoms with Gasteiger partial charge in [-0.3, -0.25) is 9.59 Å². The normalized spacial score (nSPS) is 29.9. The molecule has 276 valence electrons. The van der Waals surface area contributed by atoms with Crippen molar-refractivity contribution < 1.29 is 33.0 Å². The Bertz CT molecular complexity index is 1320. The molecule has 0 aromatic heterocycles. The van der Waals surface area contributed by atoms with Crippen molar-refractivity contribution in [3.8, 4) is 0 Å². The molecule has 50 heavy (non-hydrogen) atoms. The molecular formula is C42H62O7Si. The summed E-state index contributed by atoms with van der Waals surface area (Å²) >= 11 is 0. The first-order chi connectivity index (χ1) is 23.9. The van der Waals surface area contributed by atoms with Gasteiger partial charge in [-0.05, 0) is 52.9 Å². The molecular weight excluding hydrogens is 645 g/mol. The maximum absolute atomic E-state index is 13.8. The maximum Gasteiger partial charge on any atom is 0.309 e. The molecule has 0 N–H and O–H groups in total. The van der Waals surface area contributed by atoms with Crippen molar-refractivity contribution in [3.05, 3.63) is 72.8 Å². The predicted octanol–water partition coefficient (Wildman–Crippen LogP) is 7.79. The van der Waals surface area contributed by atoms with Gasteiger partial charge in [-0.25, -0.2) is 0 Å². The minimum absolute atomic E-state index is 0.0371. The van der Waals surface area contributed by atoms with Gasteiger partial charge in [0.05, 0.1) is 30.3 Å². The molecule has 8 heteroatoms. The fourth-order valence-corrected chi connectivity index (χ4v) is 12.6. The van der Waals surface area contributed by atoms with E-state index in [1.807, 2.05) is 6.92 Å². The molecule has 8 atom stereocenters. The zero-order chi connectivity index (χ0) is 36.3. The zero-order valence-electron chi connectivity index (χ0n) is 31.8. The molecule has 2 aromatic rings. The van der Waals surface area contributed by atoms with Gasteiger partial charge in [0.2, 0.25) is 0 Å². The smallest absolute Gasteiger partial charge is 0.309 e. The Kier molecular flexibility index (Phi) is 15.1. The minimum atomic E-state index is -3.01. The fourth-order valence-electron chi connectivity index (χ4n) is 7.90. The lowest BCUT2D eigenvalue weighted by atomic mass is 9.89. The molecule has 1 saturated heterocycles. The summed E-state index contributed by atoms with van der Waals surface area (Å²) in [6, 6.07) is 21.3. The van der Waals surface area contributed by atoms with Gasteiger partial charge in [-0.2, -0.15) is 0 Å². The molecule has 2 bridgehead atoms. The van der Waals surface area contributed by atoms with Gasteiger partial charge >= 0.3 is 5.97 Å². The number of benzene rings is 2. The largest absolute Gasteiger partial charge is 0.462 e. The number of Topliss-reactive ketones (excluding diaryl/α,β-unsaturated/α-hetero) is 1. The summed E-state index contributed by atoms with van der Waals surface area (Å²) in [4.78, 5) is 26.9. The Hall–Kier alpha value is -2.62. The van der Waals surface area contributed by atoms with E-state index in [0.29, 0.717) is 25.2 Å². The van der Waals surface area contributed by atoms with Gasteiger partial charge in [0.15, 0.2) is 0 Å². The van der Waals surface area contributed by atoms with Gasteiger partial charge in [0, 0.05) is 26.4 Å². The van der Waals surface area contributed by atoms with Crippen molar-refractivity contribution >= 4 is 30.4 Å². The van der Waals surface area contributed by atoms with E-state index >= 15 is 0 Å². The van der Waals surface area contributed by atoms with Crippen LogP contribution in [0.5, 0.6) is 0 Å². The number of carbonyl (C=O) groups is 2. The van der Waals surface area contributed by atoms with Crippen molar-refractivity contribution in [3.63, 3.8) is 0 Å². The predicted molar refractivity (Wildman–Crippen MR) is 202 cm³/mol. The number of rotatable bonds is 9. The topological polar surface area (TPSA) is 80.3 Å². The molecule has 1 fully saturated rings. The number of methoxy groups -OCH3 is 1. The summed E-state index contributed by atoms with van der Waals surface area (Å²) < 4.78 is 32.7. The summed E-state index contributed by atoms with van der Waals surface area (Å²) in [7, 11) is -1.39. The third-order valence-electron chi connectivity index (χ3n) is 10.5.